The predicted molar refractivity (Wildman–Crippen MR) is 61.1 cm³/mol. The van der Waals surface area contributed by atoms with E-state index in [4.69, 9.17) is 5.73 Å². The number of nitrogens with two attached hydrogens (primary N) is 1. The molecule has 18 heavy (non-hydrogen) atoms. The second-order valence-corrected chi connectivity index (χ2v) is 4.21. The van der Waals surface area contributed by atoms with Crippen molar-refractivity contribution in [3.63, 3.8) is 0 Å². The largest absolute Gasteiger partial charge is 0.411 e. The third-order valence-corrected chi connectivity index (χ3v) is 2.14. The molecule has 4 nitrogen and oxygen atoms in total. The van der Waals surface area contributed by atoms with Crippen molar-refractivity contribution in [2.24, 2.45) is 0 Å². The van der Waals surface area contributed by atoms with Gasteiger partial charge in [0.05, 0.1) is 6.61 Å². The van der Waals surface area contributed by atoms with E-state index in [0.717, 1.165) is 5.69 Å². The molecule has 0 aliphatic heterocycles. The average molecular weight is 263 g/mol. The number of anilines is 1. The molecular formula is C11H16F3N3O. The van der Waals surface area contributed by atoms with Crippen LogP contribution in [0.1, 0.15) is 31.3 Å². The highest BCUT2D eigenvalue weighted by atomic mass is 19.4. The van der Waals surface area contributed by atoms with E-state index in [9.17, 15) is 13.2 Å². The van der Waals surface area contributed by atoms with E-state index in [1.807, 2.05) is 13.8 Å². The minimum atomic E-state index is -4.31. The number of halogens is 3. The molecule has 1 aromatic rings. The Bertz CT molecular complexity index is 394. The first-order chi connectivity index (χ1) is 8.28. The molecule has 102 valence electrons. The molecule has 0 unspecified atom stereocenters. The molecule has 0 aromatic carbocycles. The van der Waals surface area contributed by atoms with Gasteiger partial charge in [0.1, 0.15) is 18.2 Å². The van der Waals surface area contributed by atoms with Gasteiger partial charge in [-0.1, -0.05) is 13.8 Å². The molecule has 0 radical (unpaired) electrons. The molecule has 7 heteroatoms. The quantitative estimate of drug-likeness (QED) is 0.828. The van der Waals surface area contributed by atoms with Crippen molar-refractivity contribution < 1.29 is 17.9 Å². The highest BCUT2D eigenvalue weighted by molar-refractivity contribution is 5.31. The number of hydrogen-bond acceptors (Lipinski definition) is 4. The van der Waals surface area contributed by atoms with Gasteiger partial charge in [0.25, 0.3) is 0 Å². The summed E-state index contributed by atoms with van der Waals surface area (Å²) in [6, 6.07) is 1.66. The molecular weight excluding hydrogens is 247 g/mol. The summed E-state index contributed by atoms with van der Waals surface area (Å²) < 4.78 is 40.0. The SMILES string of the molecule is CC(C)c1cc(N)nc(CCOCC(F)(F)F)n1. The van der Waals surface area contributed by atoms with E-state index in [2.05, 4.69) is 14.7 Å². The fraction of sp³-hybridized carbons (Fsp3) is 0.636. The normalized spacial score (nSPS) is 12.1. The van der Waals surface area contributed by atoms with E-state index in [0.29, 0.717) is 11.6 Å². The Kier molecular flexibility index (Phi) is 4.89. The molecule has 0 fully saturated rings. The summed E-state index contributed by atoms with van der Waals surface area (Å²) in [5.74, 6) is 0.908. The molecule has 1 heterocycles. The van der Waals surface area contributed by atoms with Gasteiger partial charge in [0.2, 0.25) is 0 Å². The molecule has 0 saturated heterocycles. The van der Waals surface area contributed by atoms with Crippen LogP contribution in [0, 0.1) is 0 Å². The minimum Gasteiger partial charge on any atom is -0.384 e. The minimum absolute atomic E-state index is 0.0828. The molecule has 0 saturated carbocycles. The second-order valence-electron chi connectivity index (χ2n) is 4.21. The molecule has 0 aliphatic carbocycles. The van der Waals surface area contributed by atoms with Crippen LogP contribution < -0.4 is 5.73 Å². The van der Waals surface area contributed by atoms with Gasteiger partial charge < -0.3 is 10.5 Å². The van der Waals surface area contributed by atoms with Crippen molar-refractivity contribution in [1.82, 2.24) is 9.97 Å². The Morgan fingerprint density at radius 2 is 2.00 bits per heavy atom. The van der Waals surface area contributed by atoms with E-state index in [1.165, 1.54) is 0 Å². The molecule has 0 spiro atoms. The maximum Gasteiger partial charge on any atom is 0.411 e. The molecule has 2 N–H and O–H groups in total. The number of hydrogen-bond donors (Lipinski definition) is 1. The van der Waals surface area contributed by atoms with Crippen LogP contribution in [0.3, 0.4) is 0 Å². The monoisotopic (exact) mass is 263 g/mol. The zero-order chi connectivity index (χ0) is 13.8. The Labute approximate surface area is 103 Å². The molecule has 0 bridgehead atoms. The number of nitrogens with zero attached hydrogens (tertiary/aromatic N) is 2. The lowest BCUT2D eigenvalue weighted by Gasteiger charge is -2.09. The zero-order valence-corrected chi connectivity index (χ0v) is 10.3. The van der Waals surface area contributed by atoms with Gasteiger partial charge in [-0.25, -0.2) is 9.97 Å². The summed E-state index contributed by atoms with van der Waals surface area (Å²) in [6.45, 7) is 2.56. The van der Waals surface area contributed by atoms with Crippen LogP contribution in [0.4, 0.5) is 19.0 Å². The first-order valence-corrected chi connectivity index (χ1v) is 5.56. The molecule has 1 aromatic heterocycles. The van der Waals surface area contributed by atoms with E-state index < -0.39 is 12.8 Å². The van der Waals surface area contributed by atoms with Crippen molar-refractivity contribution in [3.05, 3.63) is 17.6 Å². The first kappa shape index (κ1) is 14.7. The number of nitrogen functional groups attached to an aromatic ring is 1. The summed E-state index contributed by atoms with van der Waals surface area (Å²) in [4.78, 5) is 8.17. The average Bonchev–Trinajstić information content (AvgIpc) is 2.22. The Morgan fingerprint density at radius 1 is 1.33 bits per heavy atom. The number of alkyl halides is 3. The van der Waals surface area contributed by atoms with Crippen LogP contribution in [-0.4, -0.2) is 29.4 Å². The van der Waals surface area contributed by atoms with Gasteiger partial charge in [-0.3, -0.25) is 0 Å². The van der Waals surface area contributed by atoms with Crippen molar-refractivity contribution >= 4 is 5.82 Å². The third-order valence-electron chi connectivity index (χ3n) is 2.14. The summed E-state index contributed by atoms with van der Waals surface area (Å²) in [7, 11) is 0. The first-order valence-electron chi connectivity index (χ1n) is 5.56. The van der Waals surface area contributed by atoms with Crippen LogP contribution in [0.15, 0.2) is 6.07 Å². The number of aromatic nitrogens is 2. The van der Waals surface area contributed by atoms with Crippen molar-refractivity contribution in [2.75, 3.05) is 18.9 Å². The molecule has 0 atom stereocenters. The van der Waals surface area contributed by atoms with Gasteiger partial charge in [-0.05, 0) is 5.92 Å². The van der Waals surface area contributed by atoms with Crippen LogP contribution in [-0.2, 0) is 11.2 Å². The van der Waals surface area contributed by atoms with Crippen molar-refractivity contribution in [1.29, 1.82) is 0 Å². The van der Waals surface area contributed by atoms with E-state index in [1.54, 1.807) is 6.07 Å². The second kappa shape index (κ2) is 5.99. The lowest BCUT2D eigenvalue weighted by atomic mass is 10.1. The van der Waals surface area contributed by atoms with Gasteiger partial charge in [0, 0.05) is 18.2 Å². The third kappa shape index (κ3) is 5.31. The maximum absolute atomic E-state index is 11.8. The fourth-order valence-electron chi connectivity index (χ4n) is 1.30. The van der Waals surface area contributed by atoms with Crippen LogP contribution in [0.2, 0.25) is 0 Å². The lowest BCUT2D eigenvalue weighted by molar-refractivity contribution is -0.173. The number of rotatable bonds is 5. The van der Waals surface area contributed by atoms with E-state index in [-0.39, 0.29) is 18.9 Å². The lowest BCUT2D eigenvalue weighted by Crippen LogP contribution is -2.18. The topological polar surface area (TPSA) is 61.0 Å². The standard InChI is InChI=1S/C11H16F3N3O/c1-7(2)8-5-9(15)17-10(16-8)3-4-18-6-11(12,13)14/h5,7H,3-4,6H2,1-2H3,(H2,15,16,17). The maximum atomic E-state index is 11.8. The highest BCUT2D eigenvalue weighted by Gasteiger charge is 2.27. The highest BCUT2D eigenvalue weighted by Crippen LogP contribution is 2.15. The van der Waals surface area contributed by atoms with Crippen LogP contribution >= 0.6 is 0 Å². The van der Waals surface area contributed by atoms with Gasteiger partial charge in [-0.15, -0.1) is 0 Å². The number of ether oxygens (including phenoxy) is 1. The summed E-state index contributed by atoms with van der Waals surface area (Å²) in [5, 5.41) is 0. The van der Waals surface area contributed by atoms with E-state index >= 15 is 0 Å². The van der Waals surface area contributed by atoms with Crippen LogP contribution in [0.25, 0.3) is 0 Å². The van der Waals surface area contributed by atoms with Gasteiger partial charge in [0.15, 0.2) is 0 Å². The summed E-state index contributed by atoms with van der Waals surface area (Å²) >= 11 is 0. The summed E-state index contributed by atoms with van der Waals surface area (Å²) in [6.07, 6.45) is -4.10. The van der Waals surface area contributed by atoms with Crippen molar-refractivity contribution in [3.8, 4) is 0 Å². The molecule has 1 rings (SSSR count). The van der Waals surface area contributed by atoms with Crippen molar-refractivity contribution in [2.45, 2.75) is 32.4 Å². The zero-order valence-electron chi connectivity index (χ0n) is 10.3. The van der Waals surface area contributed by atoms with Crippen LogP contribution in [0.5, 0.6) is 0 Å². The Morgan fingerprint density at radius 3 is 2.56 bits per heavy atom. The smallest absolute Gasteiger partial charge is 0.384 e. The Hall–Kier alpha value is -1.37. The summed E-state index contributed by atoms with van der Waals surface area (Å²) in [5.41, 5.74) is 6.37. The van der Waals surface area contributed by atoms with Gasteiger partial charge in [-0.2, -0.15) is 13.2 Å². The molecule has 0 aliphatic rings. The molecule has 0 amide bonds. The van der Waals surface area contributed by atoms with Gasteiger partial charge >= 0.3 is 6.18 Å². The fourth-order valence-corrected chi connectivity index (χ4v) is 1.30. The Balaban J connectivity index is 2.52. The predicted octanol–water partition coefficient (Wildman–Crippen LogP) is 2.30.